The van der Waals surface area contributed by atoms with Crippen molar-refractivity contribution in [2.75, 3.05) is 26.8 Å². The fourth-order valence-electron chi connectivity index (χ4n) is 1.61. The highest BCUT2D eigenvalue weighted by molar-refractivity contribution is 5.78. The molecule has 1 aliphatic rings. The molecule has 0 saturated carbocycles. The second kappa shape index (κ2) is 4.83. The quantitative estimate of drug-likeness (QED) is 0.634. The molecule has 1 heterocycles. The minimum absolute atomic E-state index is 0.000295. The van der Waals surface area contributed by atoms with Crippen molar-refractivity contribution in [3.8, 4) is 6.07 Å². The Balaban J connectivity index is 2.32. The van der Waals surface area contributed by atoms with Crippen molar-refractivity contribution in [1.29, 1.82) is 5.26 Å². The first-order valence-electron chi connectivity index (χ1n) is 4.41. The third-order valence-electron chi connectivity index (χ3n) is 2.27. The zero-order valence-electron chi connectivity index (χ0n) is 7.82. The minimum Gasteiger partial charge on any atom is -0.384 e. The summed E-state index contributed by atoms with van der Waals surface area (Å²) in [7, 11) is 1.67. The van der Waals surface area contributed by atoms with Crippen molar-refractivity contribution in [2.24, 2.45) is 5.92 Å². The third-order valence-corrected chi connectivity index (χ3v) is 2.27. The molecular weight excluding hydrogens is 168 g/mol. The highest BCUT2D eigenvalue weighted by atomic mass is 16.5. The van der Waals surface area contributed by atoms with Crippen LogP contribution < -0.4 is 0 Å². The van der Waals surface area contributed by atoms with E-state index in [4.69, 9.17) is 10.00 Å². The molecule has 0 radical (unpaired) electrons. The predicted octanol–water partition coefficient (Wildman–Crippen LogP) is 0.395. The zero-order chi connectivity index (χ0) is 9.68. The fraction of sp³-hybridized carbons (Fsp3) is 0.778. The molecule has 0 aromatic carbocycles. The molecule has 0 aromatic rings. The van der Waals surface area contributed by atoms with Gasteiger partial charge in [-0.3, -0.25) is 4.79 Å². The van der Waals surface area contributed by atoms with Crippen molar-refractivity contribution in [2.45, 2.75) is 12.8 Å². The second-order valence-corrected chi connectivity index (χ2v) is 3.28. The molecule has 1 saturated heterocycles. The van der Waals surface area contributed by atoms with Gasteiger partial charge >= 0.3 is 0 Å². The Morgan fingerprint density at radius 2 is 2.54 bits per heavy atom. The number of likely N-dealkylation sites (tertiary alicyclic amines) is 1. The van der Waals surface area contributed by atoms with Crippen LogP contribution in [-0.2, 0) is 9.53 Å². The standard InChI is InChI=1S/C9H14N2O2/c1-13-7-8-3-5-11(6-8)9(12)2-4-10/h8H,2-3,5-7H2,1H3. The summed E-state index contributed by atoms with van der Waals surface area (Å²) < 4.78 is 5.01. The molecule has 0 bridgehead atoms. The van der Waals surface area contributed by atoms with Crippen LogP contribution in [0.5, 0.6) is 0 Å². The minimum atomic E-state index is -0.0545. The number of rotatable bonds is 3. The molecule has 0 aromatic heterocycles. The average Bonchev–Trinajstić information content (AvgIpc) is 2.54. The van der Waals surface area contributed by atoms with Gasteiger partial charge in [0.1, 0.15) is 6.42 Å². The zero-order valence-corrected chi connectivity index (χ0v) is 7.82. The van der Waals surface area contributed by atoms with Gasteiger partial charge in [0.15, 0.2) is 0 Å². The molecule has 1 rings (SSSR count). The van der Waals surface area contributed by atoms with Gasteiger partial charge in [-0.05, 0) is 6.42 Å². The Morgan fingerprint density at radius 1 is 1.77 bits per heavy atom. The molecule has 0 aliphatic carbocycles. The summed E-state index contributed by atoms with van der Waals surface area (Å²) in [6.45, 7) is 2.22. The van der Waals surface area contributed by atoms with Crippen LogP contribution in [0.2, 0.25) is 0 Å². The summed E-state index contributed by atoms with van der Waals surface area (Å²) in [6, 6.07) is 1.87. The maximum atomic E-state index is 11.3. The van der Waals surface area contributed by atoms with Gasteiger partial charge in [-0.15, -0.1) is 0 Å². The van der Waals surface area contributed by atoms with E-state index in [1.165, 1.54) is 0 Å². The van der Waals surface area contributed by atoms with Gasteiger partial charge in [0.05, 0.1) is 12.7 Å². The van der Waals surface area contributed by atoms with Crippen molar-refractivity contribution in [3.05, 3.63) is 0 Å². The molecule has 0 N–H and O–H groups in total. The van der Waals surface area contributed by atoms with Crippen molar-refractivity contribution >= 4 is 5.91 Å². The second-order valence-electron chi connectivity index (χ2n) is 3.28. The Bertz CT molecular complexity index is 222. The first-order valence-corrected chi connectivity index (χ1v) is 4.41. The largest absolute Gasteiger partial charge is 0.384 e. The summed E-state index contributed by atoms with van der Waals surface area (Å²) >= 11 is 0. The molecule has 1 aliphatic heterocycles. The van der Waals surface area contributed by atoms with E-state index in [1.54, 1.807) is 12.0 Å². The number of nitrogens with zero attached hydrogens (tertiary/aromatic N) is 2. The predicted molar refractivity (Wildman–Crippen MR) is 46.8 cm³/mol. The lowest BCUT2D eigenvalue weighted by atomic mass is 10.1. The summed E-state index contributed by atoms with van der Waals surface area (Å²) in [5.41, 5.74) is 0. The smallest absolute Gasteiger partial charge is 0.236 e. The van der Waals surface area contributed by atoms with Crippen LogP contribution in [0.25, 0.3) is 0 Å². The van der Waals surface area contributed by atoms with Crippen LogP contribution in [0, 0.1) is 17.2 Å². The topological polar surface area (TPSA) is 53.3 Å². The van der Waals surface area contributed by atoms with E-state index in [0.29, 0.717) is 12.5 Å². The van der Waals surface area contributed by atoms with Gasteiger partial charge in [0.2, 0.25) is 5.91 Å². The Labute approximate surface area is 78.1 Å². The molecule has 1 unspecified atom stereocenters. The van der Waals surface area contributed by atoms with E-state index in [2.05, 4.69) is 0 Å². The van der Waals surface area contributed by atoms with Gasteiger partial charge in [-0.25, -0.2) is 0 Å². The van der Waals surface area contributed by atoms with E-state index >= 15 is 0 Å². The number of hydrogen-bond donors (Lipinski definition) is 0. The van der Waals surface area contributed by atoms with Crippen LogP contribution in [0.15, 0.2) is 0 Å². The molecule has 1 amide bonds. The van der Waals surface area contributed by atoms with Crippen LogP contribution in [0.1, 0.15) is 12.8 Å². The number of ether oxygens (including phenoxy) is 1. The lowest BCUT2D eigenvalue weighted by molar-refractivity contribution is -0.129. The molecule has 4 nitrogen and oxygen atoms in total. The number of carbonyl (C=O) groups is 1. The van der Waals surface area contributed by atoms with Crippen molar-refractivity contribution < 1.29 is 9.53 Å². The number of methoxy groups -OCH3 is 1. The van der Waals surface area contributed by atoms with E-state index in [1.807, 2.05) is 6.07 Å². The van der Waals surface area contributed by atoms with Crippen LogP contribution in [0.3, 0.4) is 0 Å². The summed E-state index contributed by atoms with van der Waals surface area (Å²) in [5.74, 6) is 0.397. The number of hydrogen-bond acceptors (Lipinski definition) is 3. The van der Waals surface area contributed by atoms with E-state index in [0.717, 1.165) is 19.5 Å². The van der Waals surface area contributed by atoms with Crippen molar-refractivity contribution in [1.82, 2.24) is 4.90 Å². The van der Waals surface area contributed by atoms with Gasteiger partial charge in [-0.1, -0.05) is 0 Å². The SMILES string of the molecule is COCC1CCN(C(=O)CC#N)C1. The Morgan fingerprint density at radius 3 is 3.15 bits per heavy atom. The van der Waals surface area contributed by atoms with E-state index in [9.17, 15) is 4.79 Å². The normalized spacial score (nSPS) is 21.5. The van der Waals surface area contributed by atoms with E-state index < -0.39 is 0 Å². The van der Waals surface area contributed by atoms with Gasteiger partial charge in [0.25, 0.3) is 0 Å². The average molecular weight is 182 g/mol. The lowest BCUT2D eigenvalue weighted by Gasteiger charge is -2.14. The monoisotopic (exact) mass is 182 g/mol. The number of amides is 1. The van der Waals surface area contributed by atoms with Crippen LogP contribution >= 0.6 is 0 Å². The number of carbonyl (C=O) groups excluding carboxylic acids is 1. The summed E-state index contributed by atoms with van der Waals surface area (Å²) in [4.78, 5) is 13.0. The van der Waals surface area contributed by atoms with Gasteiger partial charge < -0.3 is 9.64 Å². The van der Waals surface area contributed by atoms with E-state index in [-0.39, 0.29) is 12.3 Å². The first-order chi connectivity index (χ1) is 6.27. The van der Waals surface area contributed by atoms with Gasteiger partial charge in [-0.2, -0.15) is 5.26 Å². The number of nitriles is 1. The third kappa shape index (κ3) is 2.71. The first kappa shape index (κ1) is 10.0. The van der Waals surface area contributed by atoms with Gasteiger partial charge in [0, 0.05) is 26.1 Å². The van der Waals surface area contributed by atoms with Crippen LogP contribution in [-0.4, -0.2) is 37.6 Å². The maximum absolute atomic E-state index is 11.3. The molecule has 1 fully saturated rings. The molecule has 72 valence electrons. The maximum Gasteiger partial charge on any atom is 0.236 e. The Kier molecular flexibility index (Phi) is 3.71. The van der Waals surface area contributed by atoms with Crippen molar-refractivity contribution in [3.63, 3.8) is 0 Å². The highest BCUT2D eigenvalue weighted by Crippen LogP contribution is 2.16. The molecule has 13 heavy (non-hydrogen) atoms. The Hall–Kier alpha value is -1.08. The fourth-order valence-corrected chi connectivity index (χ4v) is 1.61. The lowest BCUT2D eigenvalue weighted by Crippen LogP contribution is -2.28. The molecule has 0 spiro atoms. The molecule has 1 atom stereocenters. The van der Waals surface area contributed by atoms with Crippen LogP contribution in [0.4, 0.5) is 0 Å². The molecule has 4 heteroatoms. The summed E-state index contributed by atoms with van der Waals surface area (Å²) in [5, 5.41) is 8.34. The molecular formula is C9H14N2O2. The summed E-state index contributed by atoms with van der Waals surface area (Å²) in [6.07, 6.45) is 0.991. The highest BCUT2D eigenvalue weighted by Gasteiger charge is 2.25.